The summed E-state index contributed by atoms with van der Waals surface area (Å²) in [5, 5.41) is 24.9. The molecule has 5 rings (SSSR count). The van der Waals surface area contributed by atoms with E-state index in [-0.39, 0.29) is 37.6 Å². The summed E-state index contributed by atoms with van der Waals surface area (Å²) in [6.45, 7) is 3.26. The Bertz CT molecular complexity index is 1460. The van der Waals surface area contributed by atoms with E-state index < -0.39 is 52.8 Å². The standard InChI is InChI=1S/C33H45N7O6S/c1-32(2,46)26-19-35-38-40(26)23-18-25(30(44)37-33(27(41)28(34)42)13-15-47-16-14-33)39(20-23)31(45)24(17-21-9-5-3-6-10-21)36-29(43)22-11-7-4-8-12-22/h4,7-8,11-12,19,21,23-25,46H,3,5-6,9-10,13-18,20H2,1-2H3,(H2,34,42)(H,36,43)(H,37,44)/t23?,24-,25?/m1/s1. The fourth-order valence-corrected chi connectivity index (χ4v) is 8.32. The van der Waals surface area contributed by atoms with Gasteiger partial charge in [-0.05, 0) is 62.7 Å². The summed E-state index contributed by atoms with van der Waals surface area (Å²) in [6.07, 6.45) is 7.58. The lowest BCUT2D eigenvalue weighted by atomic mass is 9.84. The molecule has 254 valence electrons. The first-order valence-corrected chi connectivity index (χ1v) is 17.6. The van der Waals surface area contributed by atoms with Crippen LogP contribution in [0, 0.1) is 5.92 Å². The number of aliphatic hydroxyl groups is 1. The highest BCUT2D eigenvalue weighted by Gasteiger charge is 2.49. The Morgan fingerprint density at radius 2 is 1.77 bits per heavy atom. The van der Waals surface area contributed by atoms with Crippen LogP contribution in [0.2, 0.25) is 0 Å². The number of nitrogens with zero attached hydrogens (tertiary/aromatic N) is 4. The molecule has 0 bridgehead atoms. The summed E-state index contributed by atoms with van der Waals surface area (Å²) < 4.78 is 1.54. The first-order valence-electron chi connectivity index (χ1n) is 16.4. The van der Waals surface area contributed by atoms with Crippen molar-refractivity contribution in [3.8, 4) is 0 Å². The van der Waals surface area contributed by atoms with Crippen LogP contribution in [0.1, 0.15) is 93.7 Å². The molecule has 2 aliphatic heterocycles. The molecular formula is C33H45N7O6S. The zero-order valence-corrected chi connectivity index (χ0v) is 27.8. The topological polar surface area (TPSA) is 190 Å². The molecule has 14 heteroatoms. The van der Waals surface area contributed by atoms with Gasteiger partial charge < -0.3 is 26.4 Å². The SMILES string of the molecule is CC(C)(O)c1cnnn1C1CC(C(=O)NC2(C(=O)C(N)=O)CCSCC2)N(C(=O)[C@@H](CC2CCCCC2)NC(=O)c2ccccc2)C1. The number of hydrogen-bond acceptors (Lipinski definition) is 9. The Hall–Kier alpha value is -3.78. The van der Waals surface area contributed by atoms with E-state index in [2.05, 4.69) is 20.9 Å². The zero-order chi connectivity index (χ0) is 33.8. The van der Waals surface area contributed by atoms with Crippen LogP contribution in [-0.2, 0) is 24.8 Å². The normalized spacial score (nSPS) is 22.3. The molecule has 0 radical (unpaired) electrons. The molecule has 2 saturated heterocycles. The molecule has 3 heterocycles. The number of primary amides is 1. The molecular weight excluding hydrogens is 622 g/mol. The fraction of sp³-hybridized carbons (Fsp3) is 0.606. The van der Waals surface area contributed by atoms with Gasteiger partial charge in [-0.25, -0.2) is 4.68 Å². The minimum absolute atomic E-state index is 0.0539. The molecule has 1 aliphatic carbocycles. The van der Waals surface area contributed by atoms with Crippen LogP contribution in [0.5, 0.6) is 0 Å². The number of Topliss-reactive ketones (excluding diaryl/α,β-unsaturated/α-hetero) is 1. The second-order valence-corrected chi connectivity index (χ2v) is 14.8. The van der Waals surface area contributed by atoms with Crippen molar-refractivity contribution in [1.29, 1.82) is 0 Å². The number of nitrogens with one attached hydrogen (secondary N) is 2. The smallest absolute Gasteiger partial charge is 0.287 e. The van der Waals surface area contributed by atoms with E-state index in [4.69, 9.17) is 5.73 Å². The van der Waals surface area contributed by atoms with Gasteiger partial charge in [0.05, 0.1) is 17.9 Å². The highest BCUT2D eigenvalue weighted by Crippen LogP contribution is 2.35. The van der Waals surface area contributed by atoms with Gasteiger partial charge in [0.15, 0.2) is 0 Å². The molecule has 5 N–H and O–H groups in total. The van der Waals surface area contributed by atoms with Crippen LogP contribution in [0.15, 0.2) is 36.5 Å². The van der Waals surface area contributed by atoms with Crippen LogP contribution >= 0.6 is 11.8 Å². The first kappa shape index (κ1) is 34.6. The zero-order valence-electron chi connectivity index (χ0n) is 27.0. The molecule has 3 aliphatic rings. The largest absolute Gasteiger partial charge is 0.384 e. The Labute approximate surface area is 278 Å². The highest BCUT2D eigenvalue weighted by molar-refractivity contribution is 7.99. The second kappa shape index (κ2) is 14.5. The molecule has 0 spiro atoms. The lowest BCUT2D eigenvalue weighted by Crippen LogP contribution is -2.63. The average Bonchev–Trinajstić information content (AvgIpc) is 3.73. The summed E-state index contributed by atoms with van der Waals surface area (Å²) >= 11 is 1.62. The number of rotatable bonds is 11. The maximum Gasteiger partial charge on any atom is 0.287 e. The number of benzene rings is 1. The van der Waals surface area contributed by atoms with Crippen molar-refractivity contribution in [1.82, 2.24) is 30.5 Å². The van der Waals surface area contributed by atoms with Crippen LogP contribution in [0.3, 0.4) is 0 Å². The van der Waals surface area contributed by atoms with Gasteiger partial charge in [-0.1, -0.05) is 55.5 Å². The van der Waals surface area contributed by atoms with Crippen LogP contribution in [0.25, 0.3) is 0 Å². The summed E-state index contributed by atoms with van der Waals surface area (Å²) in [5.41, 5.74) is 3.50. The third-order valence-electron chi connectivity index (χ3n) is 9.71. The molecule has 3 fully saturated rings. The van der Waals surface area contributed by atoms with Gasteiger partial charge in [-0.3, -0.25) is 24.0 Å². The van der Waals surface area contributed by atoms with E-state index >= 15 is 0 Å². The van der Waals surface area contributed by atoms with E-state index in [1.54, 1.807) is 49.9 Å². The van der Waals surface area contributed by atoms with E-state index in [1.165, 1.54) is 15.8 Å². The van der Waals surface area contributed by atoms with Gasteiger partial charge in [0, 0.05) is 18.5 Å². The number of carbonyl (C=O) groups is 5. The van der Waals surface area contributed by atoms with Crippen molar-refractivity contribution in [2.45, 2.75) is 101 Å². The Balaban J connectivity index is 1.48. The third kappa shape index (κ3) is 7.86. The number of hydrogen-bond donors (Lipinski definition) is 4. The quantitative estimate of drug-likeness (QED) is 0.259. The number of carbonyl (C=O) groups excluding carboxylic acids is 5. The van der Waals surface area contributed by atoms with Crippen LogP contribution < -0.4 is 16.4 Å². The number of amides is 4. The maximum atomic E-state index is 14.6. The Kier molecular flexibility index (Phi) is 10.7. The molecule has 2 aromatic rings. The van der Waals surface area contributed by atoms with Crippen molar-refractivity contribution in [2.24, 2.45) is 11.7 Å². The lowest BCUT2D eigenvalue weighted by Gasteiger charge is -2.37. The molecule has 13 nitrogen and oxygen atoms in total. The molecule has 2 unspecified atom stereocenters. The third-order valence-corrected chi connectivity index (χ3v) is 10.7. The average molecular weight is 668 g/mol. The van der Waals surface area contributed by atoms with E-state index in [0.29, 0.717) is 29.2 Å². The van der Waals surface area contributed by atoms with Gasteiger partial charge >= 0.3 is 0 Å². The minimum Gasteiger partial charge on any atom is -0.384 e. The number of thioether (sulfide) groups is 1. The molecule has 4 amide bonds. The predicted octanol–water partition coefficient (Wildman–Crippen LogP) is 1.85. The summed E-state index contributed by atoms with van der Waals surface area (Å²) in [4.78, 5) is 68.8. The second-order valence-electron chi connectivity index (χ2n) is 13.5. The van der Waals surface area contributed by atoms with Gasteiger partial charge in [0.25, 0.3) is 11.8 Å². The van der Waals surface area contributed by atoms with Gasteiger partial charge in [0.2, 0.25) is 17.6 Å². The number of nitrogens with two attached hydrogens (primary N) is 1. The van der Waals surface area contributed by atoms with Crippen LogP contribution in [-0.4, -0.2) is 90.1 Å². The summed E-state index contributed by atoms with van der Waals surface area (Å²) in [5.74, 6) is -2.03. The minimum atomic E-state index is -1.46. The molecule has 3 atom stereocenters. The van der Waals surface area contributed by atoms with Crippen molar-refractivity contribution in [2.75, 3.05) is 18.1 Å². The predicted molar refractivity (Wildman–Crippen MR) is 175 cm³/mol. The monoisotopic (exact) mass is 667 g/mol. The molecule has 1 aromatic carbocycles. The van der Waals surface area contributed by atoms with Crippen LogP contribution in [0.4, 0.5) is 0 Å². The number of likely N-dealkylation sites (tertiary alicyclic amines) is 1. The van der Waals surface area contributed by atoms with Crippen molar-refractivity contribution in [3.63, 3.8) is 0 Å². The molecule has 1 aromatic heterocycles. The van der Waals surface area contributed by atoms with Crippen molar-refractivity contribution < 1.29 is 29.1 Å². The van der Waals surface area contributed by atoms with Gasteiger partial charge in [-0.2, -0.15) is 11.8 Å². The molecule has 1 saturated carbocycles. The summed E-state index contributed by atoms with van der Waals surface area (Å²) in [7, 11) is 0. The summed E-state index contributed by atoms with van der Waals surface area (Å²) in [6, 6.07) is 6.18. The fourth-order valence-electron chi connectivity index (χ4n) is 7.13. The van der Waals surface area contributed by atoms with Gasteiger partial charge in [0.1, 0.15) is 23.2 Å². The lowest BCUT2D eigenvalue weighted by molar-refractivity contribution is -0.145. The van der Waals surface area contributed by atoms with E-state index in [0.717, 1.165) is 32.1 Å². The van der Waals surface area contributed by atoms with Crippen molar-refractivity contribution >= 4 is 41.2 Å². The number of aromatic nitrogens is 3. The first-order chi connectivity index (χ1) is 22.4. The van der Waals surface area contributed by atoms with E-state index in [1.807, 2.05) is 6.07 Å². The Morgan fingerprint density at radius 1 is 1.09 bits per heavy atom. The Morgan fingerprint density at radius 3 is 2.40 bits per heavy atom. The van der Waals surface area contributed by atoms with E-state index in [9.17, 15) is 29.1 Å². The molecule has 47 heavy (non-hydrogen) atoms. The maximum absolute atomic E-state index is 14.6. The van der Waals surface area contributed by atoms with Crippen molar-refractivity contribution in [3.05, 3.63) is 47.8 Å². The van der Waals surface area contributed by atoms with Gasteiger partial charge in [-0.15, -0.1) is 5.10 Å². The highest BCUT2D eigenvalue weighted by atomic mass is 32.2. The number of ketones is 1.